The summed E-state index contributed by atoms with van der Waals surface area (Å²) in [7, 11) is 0. The van der Waals surface area contributed by atoms with E-state index in [4.69, 9.17) is 29.0 Å². The average molecular weight is 451 g/mol. The van der Waals surface area contributed by atoms with Gasteiger partial charge in [-0.2, -0.15) is 5.10 Å². The predicted octanol–water partition coefficient (Wildman–Crippen LogP) is 3.26. The van der Waals surface area contributed by atoms with E-state index in [1.807, 2.05) is 18.2 Å². The number of carbonyl (C=O) groups is 1. The summed E-state index contributed by atoms with van der Waals surface area (Å²) >= 11 is 13.0. The van der Waals surface area contributed by atoms with Crippen LogP contribution >= 0.6 is 35.0 Å². The van der Waals surface area contributed by atoms with Crippen molar-refractivity contribution in [1.82, 2.24) is 19.9 Å². The fourth-order valence-corrected chi connectivity index (χ4v) is 3.36. The van der Waals surface area contributed by atoms with Gasteiger partial charge in [-0.3, -0.25) is 9.78 Å². The van der Waals surface area contributed by atoms with Crippen LogP contribution in [0.15, 0.2) is 52.9 Å². The molecule has 0 spiro atoms. The largest absolute Gasteiger partial charge is 0.334 e. The lowest BCUT2D eigenvalue weighted by atomic mass is 10.3. The zero-order valence-electron chi connectivity index (χ0n) is 15.1. The number of anilines is 2. The maximum Gasteiger partial charge on any atom is 0.264 e. The summed E-state index contributed by atoms with van der Waals surface area (Å²) in [4.78, 5) is 16.3. The van der Waals surface area contributed by atoms with Crippen LogP contribution in [0.3, 0.4) is 0 Å². The number of thioether (sulfide) groups is 1. The van der Waals surface area contributed by atoms with Gasteiger partial charge in [0.05, 0.1) is 17.2 Å². The Morgan fingerprint density at radius 3 is 2.69 bits per heavy atom. The van der Waals surface area contributed by atoms with E-state index in [0.29, 0.717) is 26.6 Å². The van der Waals surface area contributed by atoms with Gasteiger partial charge in [0, 0.05) is 21.9 Å². The van der Waals surface area contributed by atoms with Gasteiger partial charge in [0.15, 0.2) is 0 Å². The molecule has 1 amide bonds. The van der Waals surface area contributed by atoms with Gasteiger partial charge in [0.1, 0.15) is 0 Å². The van der Waals surface area contributed by atoms with Crippen LogP contribution in [0.2, 0.25) is 10.0 Å². The Kier molecular flexibility index (Phi) is 6.91. The Morgan fingerprint density at radius 2 is 2.00 bits per heavy atom. The quantitative estimate of drug-likeness (QED) is 0.218. The Morgan fingerprint density at radius 1 is 1.24 bits per heavy atom. The molecule has 9 nitrogen and oxygen atoms in total. The molecule has 0 atom stereocenters. The number of carbonyl (C=O) groups excluding carboxylic acids is 1. The highest BCUT2D eigenvalue weighted by Gasteiger charge is 2.13. The third-order valence-corrected chi connectivity index (χ3v) is 4.88. The summed E-state index contributed by atoms with van der Waals surface area (Å²) in [5.74, 6) is 5.99. The van der Waals surface area contributed by atoms with Gasteiger partial charge >= 0.3 is 0 Å². The van der Waals surface area contributed by atoms with Crippen molar-refractivity contribution in [2.24, 2.45) is 5.10 Å². The smallest absolute Gasteiger partial charge is 0.264 e. The molecule has 12 heteroatoms. The van der Waals surface area contributed by atoms with Crippen LogP contribution in [-0.2, 0) is 4.79 Å². The number of hydrazone groups is 1. The van der Waals surface area contributed by atoms with Crippen molar-refractivity contribution in [3.05, 3.63) is 58.3 Å². The van der Waals surface area contributed by atoms with Crippen molar-refractivity contribution >= 4 is 58.2 Å². The lowest BCUT2D eigenvalue weighted by Crippen LogP contribution is -2.17. The molecule has 4 N–H and O–H groups in total. The average Bonchev–Trinajstić information content (AvgIpc) is 3.04. The molecular formula is C17H16Cl2N8OS. The number of nitrogen functional groups attached to an aromatic ring is 1. The molecule has 0 saturated carbocycles. The SMILES string of the molecule is C/C(=N\Nc1nnc(SCC(=O)Nc2cc(Cl)cc(Cl)c2)n1N)c1ccccn1. The summed E-state index contributed by atoms with van der Waals surface area (Å²) in [6.45, 7) is 1.80. The number of nitrogens with zero attached hydrogens (tertiary/aromatic N) is 5. The van der Waals surface area contributed by atoms with E-state index in [2.05, 4.69) is 31.0 Å². The zero-order valence-corrected chi connectivity index (χ0v) is 17.5. The van der Waals surface area contributed by atoms with Crippen LogP contribution in [0.25, 0.3) is 0 Å². The van der Waals surface area contributed by atoms with E-state index in [9.17, 15) is 4.79 Å². The minimum atomic E-state index is -0.269. The topological polar surface area (TPSA) is 123 Å². The second-order valence-corrected chi connectivity index (χ2v) is 7.51. The Balaban J connectivity index is 1.57. The number of amides is 1. The number of rotatable bonds is 7. The molecule has 0 unspecified atom stereocenters. The highest BCUT2D eigenvalue weighted by Crippen LogP contribution is 2.23. The summed E-state index contributed by atoms with van der Waals surface area (Å²) in [6.07, 6.45) is 1.68. The molecule has 29 heavy (non-hydrogen) atoms. The van der Waals surface area contributed by atoms with Crippen molar-refractivity contribution in [3.8, 4) is 0 Å². The van der Waals surface area contributed by atoms with Crippen molar-refractivity contribution in [2.75, 3.05) is 22.3 Å². The summed E-state index contributed by atoms with van der Waals surface area (Å²) in [5, 5.41) is 16.0. The van der Waals surface area contributed by atoms with Gasteiger partial charge in [-0.15, -0.1) is 10.2 Å². The van der Waals surface area contributed by atoms with Crippen LogP contribution in [0, 0.1) is 0 Å². The molecule has 150 valence electrons. The van der Waals surface area contributed by atoms with E-state index in [-0.39, 0.29) is 17.6 Å². The van der Waals surface area contributed by atoms with Gasteiger partial charge in [-0.1, -0.05) is 41.0 Å². The minimum Gasteiger partial charge on any atom is -0.334 e. The first kappa shape index (κ1) is 20.9. The fourth-order valence-electron chi connectivity index (χ4n) is 2.17. The minimum absolute atomic E-state index is 0.0652. The normalized spacial score (nSPS) is 11.3. The molecule has 0 radical (unpaired) electrons. The molecule has 0 aliphatic carbocycles. The number of aromatic nitrogens is 4. The maximum absolute atomic E-state index is 12.1. The Labute approximate surface area is 180 Å². The standard InChI is InChI=1S/C17H16Cl2N8OS/c1-10(14-4-2-3-5-21-14)23-24-16-25-26-17(27(16)20)29-9-15(28)22-13-7-11(18)6-12(19)8-13/h2-8H,9,20H2,1H3,(H,22,28)(H,24,25)/b23-10+. The van der Waals surface area contributed by atoms with E-state index >= 15 is 0 Å². The van der Waals surface area contributed by atoms with Gasteiger partial charge in [0.2, 0.25) is 11.1 Å². The van der Waals surface area contributed by atoms with Gasteiger partial charge in [-0.05, 0) is 37.3 Å². The lowest BCUT2D eigenvalue weighted by Gasteiger charge is -2.06. The van der Waals surface area contributed by atoms with Gasteiger partial charge in [-0.25, -0.2) is 10.1 Å². The number of hydrogen-bond acceptors (Lipinski definition) is 8. The van der Waals surface area contributed by atoms with E-state index in [0.717, 1.165) is 17.5 Å². The number of hydrogen-bond donors (Lipinski definition) is 3. The van der Waals surface area contributed by atoms with Crippen LogP contribution in [0.4, 0.5) is 11.6 Å². The van der Waals surface area contributed by atoms with Gasteiger partial charge in [0.25, 0.3) is 5.95 Å². The first-order valence-electron chi connectivity index (χ1n) is 8.23. The second-order valence-electron chi connectivity index (χ2n) is 5.70. The first-order valence-corrected chi connectivity index (χ1v) is 9.97. The van der Waals surface area contributed by atoms with Crippen molar-refractivity contribution in [3.63, 3.8) is 0 Å². The van der Waals surface area contributed by atoms with E-state index in [1.54, 1.807) is 31.3 Å². The lowest BCUT2D eigenvalue weighted by molar-refractivity contribution is -0.113. The number of halogens is 2. The molecule has 0 aliphatic rings. The monoisotopic (exact) mass is 450 g/mol. The predicted molar refractivity (Wildman–Crippen MR) is 116 cm³/mol. The number of nitrogens with one attached hydrogen (secondary N) is 2. The third kappa shape index (κ3) is 5.83. The molecular weight excluding hydrogens is 435 g/mol. The Hall–Kier alpha value is -2.82. The summed E-state index contributed by atoms with van der Waals surface area (Å²) in [6, 6.07) is 10.3. The molecule has 2 heterocycles. The number of nitrogens with two attached hydrogens (primary N) is 1. The number of benzene rings is 1. The van der Waals surface area contributed by atoms with Crippen LogP contribution in [0.5, 0.6) is 0 Å². The summed E-state index contributed by atoms with van der Waals surface area (Å²) < 4.78 is 1.21. The van der Waals surface area contributed by atoms with Crippen LogP contribution in [-0.4, -0.2) is 37.2 Å². The van der Waals surface area contributed by atoms with E-state index < -0.39 is 0 Å². The molecule has 0 aliphatic heterocycles. The second kappa shape index (κ2) is 9.59. The number of pyridine rings is 1. The third-order valence-electron chi connectivity index (χ3n) is 3.50. The first-order chi connectivity index (χ1) is 13.9. The molecule has 0 bridgehead atoms. The maximum atomic E-state index is 12.1. The molecule has 3 aromatic rings. The highest BCUT2D eigenvalue weighted by atomic mass is 35.5. The van der Waals surface area contributed by atoms with E-state index in [1.165, 1.54) is 4.68 Å². The molecule has 0 saturated heterocycles. The Bertz CT molecular complexity index is 1020. The molecule has 3 rings (SSSR count). The van der Waals surface area contributed by atoms with Gasteiger partial charge < -0.3 is 11.2 Å². The molecule has 2 aromatic heterocycles. The zero-order chi connectivity index (χ0) is 20.8. The summed E-state index contributed by atoms with van der Waals surface area (Å²) in [5.41, 5.74) is 4.62. The molecule has 1 aromatic carbocycles. The fraction of sp³-hybridized carbons (Fsp3) is 0.118. The molecule has 0 fully saturated rings. The highest BCUT2D eigenvalue weighted by molar-refractivity contribution is 7.99. The van der Waals surface area contributed by atoms with Crippen LogP contribution < -0.4 is 16.6 Å². The van der Waals surface area contributed by atoms with Crippen molar-refractivity contribution in [2.45, 2.75) is 12.1 Å². The van der Waals surface area contributed by atoms with Crippen molar-refractivity contribution in [1.29, 1.82) is 0 Å². The van der Waals surface area contributed by atoms with Crippen molar-refractivity contribution < 1.29 is 4.79 Å². The van der Waals surface area contributed by atoms with Crippen LogP contribution in [0.1, 0.15) is 12.6 Å².